The normalized spacial score (nSPS) is 11.0. The Morgan fingerprint density at radius 1 is 1.10 bits per heavy atom. The standard InChI is InChI=1S/C14H10Cl2N2O2S/c1-9-2-4-11(7-12(9)15)18-21(19,20)14-5-3-10(8-17)6-13(14)16/h2-7,18H,1H3. The second-order valence-corrected chi connectivity index (χ2v) is 6.79. The molecule has 0 atom stereocenters. The largest absolute Gasteiger partial charge is 0.280 e. The molecule has 0 unspecified atom stereocenters. The van der Waals surface area contributed by atoms with Crippen LogP contribution >= 0.6 is 23.2 Å². The van der Waals surface area contributed by atoms with Gasteiger partial charge in [-0.05, 0) is 42.8 Å². The van der Waals surface area contributed by atoms with Crippen molar-refractivity contribution in [3.8, 4) is 6.07 Å². The van der Waals surface area contributed by atoms with Crippen molar-refractivity contribution in [2.24, 2.45) is 0 Å². The topological polar surface area (TPSA) is 70.0 Å². The molecule has 0 aromatic heterocycles. The quantitative estimate of drug-likeness (QED) is 0.918. The Hall–Kier alpha value is -1.74. The molecule has 2 aromatic carbocycles. The lowest BCUT2D eigenvalue weighted by Gasteiger charge is -2.10. The fourth-order valence-corrected chi connectivity index (χ4v) is 3.43. The van der Waals surface area contributed by atoms with E-state index in [0.29, 0.717) is 10.7 Å². The SMILES string of the molecule is Cc1ccc(NS(=O)(=O)c2ccc(C#N)cc2Cl)cc1Cl. The zero-order valence-electron chi connectivity index (χ0n) is 10.9. The summed E-state index contributed by atoms with van der Waals surface area (Å²) in [5.41, 5.74) is 1.47. The molecule has 0 aliphatic rings. The summed E-state index contributed by atoms with van der Waals surface area (Å²) in [5.74, 6) is 0. The first kappa shape index (κ1) is 15.6. The van der Waals surface area contributed by atoms with E-state index in [-0.39, 0.29) is 15.5 Å². The highest BCUT2D eigenvalue weighted by molar-refractivity contribution is 7.92. The van der Waals surface area contributed by atoms with E-state index in [1.807, 2.05) is 13.0 Å². The van der Waals surface area contributed by atoms with Crippen molar-refractivity contribution >= 4 is 38.9 Å². The maximum absolute atomic E-state index is 12.3. The smallest absolute Gasteiger partial charge is 0.263 e. The van der Waals surface area contributed by atoms with E-state index in [4.69, 9.17) is 28.5 Å². The summed E-state index contributed by atoms with van der Waals surface area (Å²) in [5, 5.41) is 9.20. The molecule has 7 heteroatoms. The highest BCUT2D eigenvalue weighted by atomic mass is 35.5. The van der Waals surface area contributed by atoms with Crippen LogP contribution < -0.4 is 4.72 Å². The molecule has 0 amide bonds. The van der Waals surface area contributed by atoms with Crippen molar-refractivity contribution in [2.45, 2.75) is 11.8 Å². The van der Waals surface area contributed by atoms with Crippen LogP contribution in [0.5, 0.6) is 0 Å². The minimum Gasteiger partial charge on any atom is -0.280 e. The Morgan fingerprint density at radius 2 is 1.81 bits per heavy atom. The average molecular weight is 341 g/mol. The summed E-state index contributed by atoms with van der Waals surface area (Å²) in [6.45, 7) is 1.82. The number of anilines is 1. The fourth-order valence-electron chi connectivity index (χ4n) is 1.65. The molecule has 0 saturated heterocycles. The summed E-state index contributed by atoms with van der Waals surface area (Å²) >= 11 is 11.9. The second-order valence-electron chi connectivity index (χ2n) is 4.33. The Morgan fingerprint density at radius 3 is 2.38 bits per heavy atom. The highest BCUT2D eigenvalue weighted by Crippen LogP contribution is 2.26. The molecule has 0 radical (unpaired) electrons. The molecule has 0 spiro atoms. The Labute approximate surface area is 133 Å². The zero-order chi connectivity index (χ0) is 15.6. The van der Waals surface area contributed by atoms with Gasteiger partial charge in [-0.2, -0.15) is 5.26 Å². The van der Waals surface area contributed by atoms with Crippen molar-refractivity contribution in [3.05, 3.63) is 57.6 Å². The van der Waals surface area contributed by atoms with Crippen LogP contribution in [0.2, 0.25) is 10.0 Å². The number of benzene rings is 2. The van der Waals surface area contributed by atoms with E-state index in [2.05, 4.69) is 4.72 Å². The van der Waals surface area contributed by atoms with Crippen LogP contribution in [0, 0.1) is 18.3 Å². The van der Waals surface area contributed by atoms with Gasteiger partial charge in [-0.3, -0.25) is 4.72 Å². The van der Waals surface area contributed by atoms with E-state index in [9.17, 15) is 8.42 Å². The molecule has 21 heavy (non-hydrogen) atoms. The number of nitrogens with one attached hydrogen (secondary N) is 1. The predicted molar refractivity (Wildman–Crippen MR) is 83.2 cm³/mol. The second kappa shape index (κ2) is 5.94. The van der Waals surface area contributed by atoms with Crippen molar-refractivity contribution in [1.29, 1.82) is 5.26 Å². The molecule has 1 N–H and O–H groups in total. The molecule has 108 valence electrons. The van der Waals surface area contributed by atoms with Crippen LogP contribution in [0.1, 0.15) is 11.1 Å². The van der Waals surface area contributed by atoms with Crippen LogP contribution in [-0.2, 0) is 10.0 Å². The Kier molecular flexibility index (Phi) is 4.43. The molecule has 0 bridgehead atoms. The van der Waals surface area contributed by atoms with Gasteiger partial charge in [0.2, 0.25) is 0 Å². The Bertz CT molecular complexity index is 843. The van der Waals surface area contributed by atoms with E-state index in [1.54, 1.807) is 12.1 Å². The van der Waals surface area contributed by atoms with Crippen molar-refractivity contribution < 1.29 is 8.42 Å². The lowest BCUT2D eigenvalue weighted by molar-refractivity contribution is 0.601. The summed E-state index contributed by atoms with van der Waals surface area (Å²) in [4.78, 5) is -0.0973. The lowest BCUT2D eigenvalue weighted by atomic mass is 10.2. The maximum Gasteiger partial charge on any atom is 0.263 e. The first-order valence-electron chi connectivity index (χ1n) is 5.82. The molecule has 4 nitrogen and oxygen atoms in total. The van der Waals surface area contributed by atoms with Gasteiger partial charge in [0.05, 0.1) is 22.3 Å². The van der Waals surface area contributed by atoms with Crippen molar-refractivity contribution in [3.63, 3.8) is 0 Å². The van der Waals surface area contributed by atoms with E-state index in [0.717, 1.165) is 5.56 Å². The van der Waals surface area contributed by atoms with E-state index in [1.165, 1.54) is 24.3 Å². The number of nitrogens with zero attached hydrogens (tertiary/aromatic N) is 1. The number of sulfonamides is 1. The molecule has 0 aliphatic carbocycles. The molecule has 0 heterocycles. The van der Waals surface area contributed by atoms with Crippen LogP contribution in [0.4, 0.5) is 5.69 Å². The minimum atomic E-state index is -3.85. The molecule has 2 aromatic rings. The van der Waals surface area contributed by atoms with E-state index < -0.39 is 10.0 Å². The first-order chi connectivity index (χ1) is 9.83. The number of rotatable bonds is 3. The van der Waals surface area contributed by atoms with Gasteiger partial charge < -0.3 is 0 Å². The first-order valence-corrected chi connectivity index (χ1v) is 8.06. The van der Waals surface area contributed by atoms with Crippen LogP contribution in [0.15, 0.2) is 41.3 Å². The molecule has 0 fully saturated rings. The number of hydrogen-bond acceptors (Lipinski definition) is 3. The van der Waals surface area contributed by atoms with Crippen molar-refractivity contribution in [2.75, 3.05) is 4.72 Å². The van der Waals surface area contributed by atoms with Gasteiger partial charge in [0, 0.05) is 5.02 Å². The van der Waals surface area contributed by atoms with Gasteiger partial charge in [0.25, 0.3) is 10.0 Å². The third-order valence-electron chi connectivity index (χ3n) is 2.77. The third-order valence-corrected chi connectivity index (χ3v) is 5.05. The van der Waals surface area contributed by atoms with Gasteiger partial charge in [0.15, 0.2) is 0 Å². The van der Waals surface area contributed by atoms with Crippen LogP contribution in [0.25, 0.3) is 0 Å². The number of aryl methyl sites for hydroxylation is 1. The number of hydrogen-bond donors (Lipinski definition) is 1. The Balaban J connectivity index is 2.38. The molecule has 2 rings (SSSR count). The number of halogens is 2. The maximum atomic E-state index is 12.3. The molecular formula is C14H10Cl2N2O2S. The molecule has 0 aliphatic heterocycles. The predicted octanol–water partition coefficient (Wildman–Crippen LogP) is 3.97. The van der Waals surface area contributed by atoms with Gasteiger partial charge in [-0.1, -0.05) is 29.3 Å². The average Bonchev–Trinajstić information content (AvgIpc) is 2.42. The van der Waals surface area contributed by atoms with Crippen LogP contribution in [0.3, 0.4) is 0 Å². The monoisotopic (exact) mass is 340 g/mol. The third kappa shape index (κ3) is 3.48. The zero-order valence-corrected chi connectivity index (χ0v) is 13.2. The minimum absolute atomic E-state index is 0.0141. The van der Waals surface area contributed by atoms with E-state index >= 15 is 0 Å². The van der Waals surface area contributed by atoms with Gasteiger partial charge in [0.1, 0.15) is 4.90 Å². The fraction of sp³-hybridized carbons (Fsp3) is 0.0714. The van der Waals surface area contributed by atoms with Crippen LogP contribution in [-0.4, -0.2) is 8.42 Å². The summed E-state index contributed by atoms with van der Waals surface area (Å²) in [6.07, 6.45) is 0. The number of nitriles is 1. The summed E-state index contributed by atoms with van der Waals surface area (Å²) in [7, 11) is -3.85. The van der Waals surface area contributed by atoms with Gasteiger partial charge in [-0.15, -0.1) is 0 Å². The molecular weight excluding hydrogens is 331 g/mol. The summed E-state index contributed by atoms with van der Waals surface area (Å²) in [6, 6.07) is 10.7. The van der Waals surface area contributed by atoms with Gasteiger partial charge in [-0.25, -0.2) is 8.42 Å². The molecule has 0 saturated carbocycles. The lowest BCUT2D eigenvalue weighted by Crippen LogP contribution is -2.13. The van der Waals surface area contributed by atoms with Crippen molar-refractivity contribution in [1.82, 2.24) is 0 Å². The summed E-state index contributed by atoms with van der Waals surface area (Å²) < 4.78 is 27.0. The van der Waals surface area contributed by atoms with Gasteiger partial charge >= 0.3 is 0 Å². The highest BCUT2D eigenvalue weighted by Gasteiger charge is 2.18.